The Morgan fingerprint density at radius 1 is 1.35 bits per heavy atom. The van der Waals surface area contributed by atoms with Crippen LogP contribution in [-0.4, -0.2) is 18.6 Å². The second kappa shape index (κ2) is 5.95. The Balaban J connectivity index is 2.26. The zero-order valence-corrected chi connectivity index (χ0v) is 12.8. The molecule has 0 bridgehead atoms. The monoisotopic (exact) mass is 313 g/mol. The minimum Gasteiger partial charge on any atom is -0.281 e. The van der Waals surface area contributed by atoms with Crippen LogP contribution in [0.25, 0.3) is 0 Å². The van der Waals surface area contributed by atoms with Crippen molar-refractivity contribution in [3.05, 3.63) is 46.7 Å². The van der Waals surface area contributed by atoms with Crippen molar-refractivity contribution in [2.24, 2.45) is 0 Å². The van der Waals surface area contributed by atoms with Gasteiger partial charge in [-0.2, -0.15) is 5.10 Å². The van der Waals surface area contributed by atoms with Crippen molar-refractivity contribution in [3.8, 4) is 0 Å². The molecule has 2 aromatic rings. The first-order valence-corrected chi connectivity index (χ1v) is 8.08. The first-order valence-electron chi connectivity index (χ1n) is 6.22. The fraction of sp³-hybridized carbons (Fsp3) is 0.308. The average Bonchev–Trinajstić information content (AvgIpc) is 2.84. The highest BCUT2D eigenvalue weighted by Gasteiger charge is 2.23. The van der Waals surface area contributed by atoms with Crippen LogP contribution in [0.15, 0.2) is 35.4 Å². The van der Waals surface area contributed by atoms with Crippen LogP contribution < -0.4 is 4.72 Å². The normalized spacial score (nSPS) is 13.3. The lowest BCUT2D eigenvalue weighted by molar-refractivity contribution is 0.549. The van der Waals surface area contributed by atoms with Crippen LogP contribution in [0.5, 0.6) is 0 Å². The van der Waals surface area contributed by atoms with Gasteiger partial charge in [0.25, 0.3) is 0 Å². The Kier molecular flexibility index (Phi) is 4.47. The van der Waals surface area contributed by atoms with Gasteiger partial charge in [-0.05, 0) is 31.0 Å². The molecule has 1 aromatic carbocycles. The summed E-state index contributed by atoms with van der Waals surface area (Å²) in [6.07, 6.45) is 1.95. The fourth-order valence-corrected chi connectivity index (χ4v) is 3.51. The number of sulfonamides is 1. The Morgan fingerprint density at radius 2 is 2.00 bits per heavy atom. The molecule has 1 unspecified atom stereocenters. The number of nitrogens with one attached hydrogen (secondary N) is 2. The van der Waals surface area contributed by atoms with E-state index in [2.05, 4.69) is 14.9 Å². The number of hydrogen-bond acceptors (Lipinski definition) is 3. The van der Waals surface area contributed by atoms with Crippen molar-refractivity contribution < 1.29 is 8.42 Å². The highest BCUT2D eigenvalue weighted by molar-refractivity contribution is 7.89. The third-order valence-electron chi connectivity index (χ3n) is 3.05. The lowest BCUT2D eigenvalue weighted by atomic mass is 10.1. The van der Waals surface area contributed by atoms with Gasteiger partial charge in [0, 0.05) is 11.1 Å². The van der Waals surface area contributed by atoms with E-state index in [4.69, 9.17) is 11.6 Å². The summed E-state index contributed by atoms with van der Waals surface area (Å²) in [7, 11) is -3.59. The number of rotatable bonds is 5. The Labute approximate surface area is 123 Å². The van der Waals surface area contributed by atoms with Gasteiger partial charge in [0.15, 0.2) is 0 Å². The smallest absolute Gasteiger partial charge is 0.244 e. The lowest BCUT2D eigenvalue weighted by Gasteiger charge is -2.17. The lowest BCUT2D eigenvalue weighted by Crippen LogP contribution is -2.28. The summed E-state index contributed by atoms with van der Waals surface area (Å²) in [6, 6.07) is 6.84. The fourth-order valence-electron chi connectivity index (χ4n) is 1.94. The first-order chi connectivity index (χ1) is 9.44. The van der Waals surface area contributed by atoms with Gasteiger partial charge < -0.3 is 0 Å². The van der Waals surface area contributed by atoms with Gasteiger partial charge in [0.1, 0.15) is 4.90 Å². The topological polar surface area (TPSA) is 74.8 Å². The predicted octanol–water partition coefficient (Wildman–Crippen LogP) is 2.80. The second-order valence-corrected chi connectivity index (χ2v) is 6.61. The molecule has 0 fully saturated rings. The van der Waals surface area contributed by atoms with E-state index in [-0.39, 0.29) is 10.9 Å². The number of hydrogen-bond donors (Lipinski definition) is 2. The van der Waals surface area contributed by atoms with Crippen LogP contribution >= 0.6 is 11.6 Å². The van der Waals surface area contributed by atoms with E-state index in [0.717, 1.165) is 5.56 Å². The maximum absolute atomic E-state index is 12.3. The maximum atomic E-state index is 12.3. The number of aromatic amines is 1. The van der Waals surface area contributed by atoms with E-state index in [0.29, 0.717) is 17.1 Å². The average molecular weight is 314 g/mol. The number of H-pyrrole nitrogens is 1. The van der Waals surface area contributed by atoms with Gasteiger partial charge in [-0.1, -0.05) is 30.7 Å². The van der Waals surface area contributed by atoms with E-state index in [1.807, 2.05) is 19.1 Å². The molecule has 0 radical (unpaired) electrons. The third-order valence-corrected chi connectivity index (χ3v) is 4.89. The molecule has 1 aromatic heterocycles. The van der Waals surface area contributed by atoms with Crippen molar-refractivity contribution in [1.82, 2.24) is 14.9 Å². The summed E-state index contributed by atoms with van der Waals surface area (Å²) in [6.45, 7) is 3.59. The number of benzene rings is 1. The zero-order chi connectivity index (χ0) is 14.8. The predicted molar refractivity (Wildman–Crippen MR) is 78.1 cm³/mol. The standard InChI is InChI=1S/C13H16ClN3O2S/c1-3-12(10-4-6-11(14)7-5-10)17-20(18,19)13-8-15-16-9(13)2/h4-8,12,17H,3H2,1-2H3,(H,15,16). The highest BCUT2D eigenvalue weighted by atomic mass is 35.5. The first kappa shape index (κ1) is 15.0. The van der Waals surface area contributed by atoms with E-state index in [1.54, 1.807) is 19.1 Å². The van der Waals surface area contributed by atoms with Crippen molar-refractivity contribution >= 4 is 21.6 Å². The Morgan fingerprint density at radius 3 is 2.50 bits per heavy atom. The molecule has 0 saturated heterocycles. The molecule has 0 saturated carbocycles. The van der Waals surface area contributed by atoms with Gasteiger partial charge in [-0.25, -0.2) is 13.1 Å². The van der Waals surface area contributed by atoms with Crippen molar-refractivity contribution in [3.63, 3.8) is 0 Å². The van der Waals surface area contributed by atoms with Gasteiger partial charge >= 0.3 is 0 Å². The number of aromatic nitrogens is 2. The molecule has 0 aliphatic rings. The van der Waals surface area contributed by atoms with E-state index in [9.17, 15) is 8.42 Å². The molecule has 0 aliphatic carbocycles. The molecule has 1 heterocycles. The summed E-state index contributed by atoms with van der Waals surface area (Å²) in [4.78, 5) is 0.171. The molecule has 0 spiro atoms. The van der Waals surface area contributed by atoms with E-state index >= 15 is 0 Å². The molecule has 2 rings (SSSR count). The van der Waals surface area contributed by atoms with Crippen LogP contribution in [-0.2, 0) is 10.0 Å². The molecule has 20 heavy (non-hydrogen) atoms. The van der Waals surface area contributed by atoms with Crippen LogP contribution in [0.2, 0.25) is 5.02 Å². The number of aryl methyl sites for hydroxylation is 1. The molecule has 0 aliphatic heterocycles. The quantitative estimate of drug-likeness (QED) is 0.891. The highest BCUT2D eigenvalue weighted by Crippen LogP contribution is 2.22. The Bertz CT molecular complexity index is 680. The Hall–Kier alpha value is -1.37. The number of nitrogens with zero attached hydrogens (tertiary/aromatic N) is 1. The summed E-state index contributed by atoms with van der Waals surface area (Å²) in [5.74, 6) is 0. The third kappa shape index (κ3) is 3.20. The van der Waals surface area contributed by atoms with E-state index < -0.39 is 10.0 Å². The molecule has 7 heteroatoms. The largest absolute Gasteiger partial charge is 0.281 e. The van der Waals surface area contributed by atoms with Gasteiger partial charge in [0.2, 0.25) is 10.0 Å². The summed E-state index contributed by atoms with van der Waals surface area (Å²) in [5, 5.41) is 6.99. The van der Waals surface area contributed by atoms with Crippen molar-refractivity contribution in [2.45, 2.75) is 31.2 Å². The van der Waals surface area contributed by atoms with E-state index in [1.165, 1.54) is 6.20 Å². The van der Waals surface area contributed by atoms with Gasteiger partial charge in [-0.15, -0.1) is 0 Å². The summed E-state index contributed by atoms with van der Waals surface area (Å²) < 4.78 is 27.3. The molecular formula is C13H16ClN3O2S. The van der Waals surface area contributed by atoms with Crippen LogP contribution in [0.4, 0.5) is 0 Å². The summed E-state index contributed by atoms with van der Waals surface area (Å²) in [5.41, 5.74) is 1.39. The molecule has 108 valence electrons. The molecule has 2 N–H and O–H groups in total. The van der Waals surface area contributed by atoms with Gasteiger partial charge in [0.05, 0.1) is 11.9 Å². The van der Waals surface area contributed by atoms with Gasteiger partial charge in [-0.3, -0.25) is 5.10 Å². The van der Waals surface area contributed by atoms with Crippen LogP contribution in [0.1, 0.15) is 30.6 Å². The second-order valence-electron chi connectivity index (χ2n) is 4.49. The van der Waals surface area contributed by atoms with Crippen molar-refractivity contribution in [2.75, 3.05) is 0 Å². The molecule has 1 atom stereocenters. The molecular weight excluding hydrogens is 298 g/mol. The zero-order valence-electron chi connectivity index (χ0n) is 11.2. The minimum atomic E-state index is -3.59. The molecule has 0 amide bonds. The number of halogens is 1. The SMILES string of the molecule is CCC(NS(=O)(=O)c1cn[nH]c1C)c1ccc(Cl)cc1. The van der Waals surface area contributed by atoms with Crippen LogP contribution in [0, 0.1) is 6.92 Å². The van der Waals surface area contributed by atoms with Crippen LogP contribution in [0.3, 0.4) is 0 Å². The molecule has 5 nitrogen and oxygen atoms in total. The summed E-state index contributed by atoms with van der Waals surface area (Å²) >= 11 is 5.84. The van der Waals surface area contributed by atoms with Crippen molar-refractivity contribution in [1.29, 1.82) is 0 Å². The maximum Gasteiger partial charge on any atom is 0.244 e. The minimum absolute atomic E-state index is 0.171.